The van der Waals surface area contributed by atoms with Crippen molar-refractivity contribution in [2.75, 3.05) is 40.3 Å². The zero-order chi connectivity index (χ0) is 29.7. The van der Waals surface area contributed by atoms with Crippen molar-refractivity contribution in [3.63, 3.8) is 0 Å². The molecule has 2 heterocycles. The fraction of sp³-hybridized carbons (Fsp3) is 0.882. The summed E-state index contributed by atoms with van der Waals surface area (Å²) in [5, 5.41) is 21.9. The highest BCUT2D eigenvalue weighted by atomic mass is 16.3. The SMILES string of the molecule is CN1CCC[C@@]23C(=O)C[C@H]4C[C@@H]2CC(=O)[C@@]3(C4)[C@@H](O)CC1.CN1CCC[C@]23C(=O)C[C@@H]4C[C@H]2CC(=O)[C@]3(C4)[C@H](O)CC1. The van der Waals surface area contributed by atoms with Crippen LogP contribution in [0.3, 0.4) is 0 Å². The van der Waals surface area contributed by atoms with Crippen LogP contribution in [0.25, 0.3) is 0 Å². The molecule has 2 N–H and O–H groups in total. The molecule has 232 valence electrons. The van der Waals surface area contributed by atoms with Crippen LogP contribution in [0, 0.1) is 45.3 Å². The molecular formula is C34H50N2O6. The van der Waals surface area contributed by atoms with E-state index in [1.54, 1.807) is 0 Å². The van der Waals surface area contributed by atoms with Gasteiger partial charge in [-0.05, 0) is 115 Å². The van der Waals surface area contributed by atoms with Crippen LogP contribution in [0.15, 0.2) is 0 Å². The van der Waals surface area contributed by atoms with Crippen LogP contribution in [-0.2, 0) is 19.2 Å². The van der Waals surface area contributed by atoms with Crippen molar-refractivity contribution in [1.82, 2.24) is 9.80 Å². The van der Waals surface area contributed by atoms with Gasteiger partial charge in [-0.3, -0.25) is 19.2 Å². The molecule has 0 aromatic carbocycles. The third-order valence-electron chi connectivity index (χ3n) is 14.2. The smallest absolute Gasteiger partial charge is 0.142 e. The molecule has 10 rings (SSSR count). The molecule has 8 heteroatoms. The van der Waals surface area contributed by atoms with E-state index in [0.717, 1.165) is 77.5 Å². The first-order valence-electron chi connectivity index (χ1n) is 16.9. The third kappa shape index (κ3) is 3.61. The molecule has 2 saturated heterocycles. The molecule has 0 radical (unpaired) electrons. The Labute approximate surface area is 249 Å². The number of nitrogens with zero attached hydrogens (tertiary/aromatic N) is 2. The van der Waals surface area contributed by atoms with E-state index in [0.29, 0.717) is 61.9 Å². The molecule has 8 nitrogen and oxygen atoms in total. The lowest BCUT2D eigenvalue weighted by Gasteiger charge is -2.58. The number of hydrogen-bond acceptors (Lipinski definition) is 8. The number of rotatable bonds is 0. The van der Waals surface area contributed by atoms with Gasteiger partial charge in [0.05, 0.1) is 23.0 Å². The highest BCUT2D eigenvalue weighted by Crippen LogP contribution is 2.72. The first kappa shape index (κ1) is 29.2. The van der Waals surface area contributed by atoms with Crippen LogP contribution in [0.4, 0.5) is 0 Å². The van der Waals surface area contributed by atoms with Gasteiger partial charge in [0.15, 0.2) is 0 Å². The minimum absolute atomic E-state index is 0.195. The first-order chi connectivity index (χ1) is 20.0. The number of hydrogen-bond donors (Lipinski definition) is 2. The van der Waals surface area contributed by atoms with E-state index in [2.05, 4.69) is 23.9 Å². The standard InChI is InChI=1S/2C17H25NO3/c2*1-18-5-2-4-16-12-7-11(8-14(16)20)10-17(16,15(21)9-12)13(19)3-6-18/h2*11-13,19H,2-10H2,1H3/t2*11-,12-,13+,16+,17-/m10/s1. The second-order valence-electron chi connectivity index (χ2n) is 15.8. The van der Waals surface area contributed by atoms with Crippen molar-refractivity contribution < 1.29 is 29.4 Å². The summed E-state index contributed by atoms with van der Waals surface area (Å²) < 4.78 is 0. The van der Waals surface area contributed by atoms with E-state index in [1.165, 1.54) is 0 Å². The first-order valence-corrected chi connectivity index (χ1v) is 16.9. The van der Waals surface area contributed by atoms with Crippen molar-refractivity contribution in [2.45, 2.75) is 102 Å². The maximum atomic E-state index is 12.9. The maximum Gasteiger partial charge on any atom is 0.142 e. The predicted molar refractivity (Wildman–Crippen MR) is 155 cm³/mol. The fourth-order valence-corrected chi connectivity index (χ4v) is 12.6. The Balaban J connectivity index is 0.000000137. The van der Waals surface area contributed by atoms with Gasteiger partial charge in [-0.1, -0.05) is 0 Å². The summed E-state index contributed by atoms with van der Waals surface area (Å²) in [6.07, 6.45) is 9.45. The van der Waals surface area contributed by atoms with Crippen molar-refractivity contribution in [3.8, 4) is 0 Å². The Morgan fingerprint density at radius 1 is 0.571 bits per heavy atom. The zero-order valence-corrected chi connectivity index (χ0v) is 25.6. The van der Waals surface area contributed by atoms with E-state index < -0.39 is 33.9 Å². The second kappa shape index (κ2) is 10.0. The molecule has 2 spiro atoms. The van der Waals surface area contributed by atoms with Crippen LogP contribution in [0.1, 0.15) is 89.9 Å². The van der Waals surface area contributed by atoms with Gasteiger partial charge in [0.1, 0.15) is 23.1 Å². The van der Waals surface area contributed by atoms with Crippen molar-refractivity contribution >= 4 is 23.1 Å². The Bertz CT molecular complexity index is 1080. The number of carbonyl (C=O) groups excluding carboxylic acids is 4. The molecule has 0 aromatic rings. The molecule has 42 heavy (non-hydrogen) atoms. The van der Waals surface area contributed by atoms with Gasteiger partial charge < -0.3 is 20.0 Å². The second-order valence-corrected chi connectivity index (χ2v) is 15.8. The summed E-state index contributed by atoms with van der Waals surface area (Å²) in [4.78, 5) is 56.1. The monoisotopic (exact) mass is 582 g/mol. The average Bonchev–Trinajstić information content (AvgIpc) is 3.24. The summed E-state index contributed by atoms with van der Waals surface area (Å²) in [7, 11) is 4.13. The summed E-state index contributed by atoms with van der Waals surface area (Å²) in [5.41, 5.74) is -2.52. The lowest BCUT2D eigenvalue weighted by Crippen LogP contribution is -2.63. The molecular weight excluding hydrogens is 532 g/mol. The van der Waals surface area contributed by atoms with Gasteiger partial charge in [0.25, 0.3) is 0 Å². The van der Waals surface area contributed by atoms with Crippen molar-refractivity contribution in [3.05, 3.63) is 0 Å². The highest BCUT2D eigenvalue weighted by molar-refractivity contribution is 6.03. The summed E-state index contributed by atoms with van der Waals surface area (Å²) in [6, 6.07) is 0. The van der Waals surface area contributed by atoms with Gasteiger partial charge in [0, 0.05) is 49.6 Å². The molecule has 8 aliphatic carbocycles. The lowest BCUT2D eigenvalue weighted by molar-refractivity contribution is -0.180. The molecule has 8 bridgehead atoms. The van der Waals surface area contributed by atoms with Gasteiger partial charge in [0.2, 0.25) is 0 Å². The number of Topliss-reactive ketones (excluding diaryl/α,β-unsaturated/α-hetero) is 4. The number of aliphatic hydroxyl groups is 2. The van der Waals surface area contributed by atoms with Crippen LogP contribution in [0.2, 0.25) is 0 Å². The molecule has 0 aromatic heterocycles. The minimum atomic E-state index is -0.735. The molecule has 2 aliphatic heterocycles. The van der Waals surface area contributed by atoms with Crippen molar-refractivity contribution in [1.29, 1.82) is 0 Å². The maximum absolute atomic E-state index is 12.9. The predicted octanol–water partition coefficient (Wildman–Crippen LogP) is 2.82. The molecule has 10 aliphatic rings. The molecule has 10 atom stereocenters. The Morgan fingerprint density at radius 2 is 0.952 bits per heavy atom. The summed E-state index contributed by atoms with van der Waals surface area (Å²) in [5.74, 6) is 2.08. The molecule has 8 saturated carbocycles. The Hall–Kier alpha value is -1.48. The lowest BCUT2D eigenvalue weighted by atomic mass is 9.43. The van der Waals surface area contributed by atoms with E-state index in [4.69, 9.17) is 0 Å². The van der Waals surface area contributed by atoms with E-state index >= 15 is 0 Å². The molecule has 10 fully saturated rings. The molecule has 0 amide bonds. The van der Waals surface area contributed by atoms with Crippen LogP contribution >= 0.6 is 0 Å². The van der Waals surface area contributed by atoms with E-state index in [1.807, 2.05) is 0 Å². The number of ketones is 4. The summed E-state index contributed by atoms with van der Waals surface area (Å²) in [6.45, 7) is 3.55. The topological polar surface area (TPSA) is 115 Å². The van der Waals surface area contributed by atoms with Gasteiger partial charge in [-0.15, -0.1) is 0 Å². The number of aliphatic hydroxyl groups excluding tert-OH is 2. The van der Waals surface area contributed by atoms with E-state index in [-0.39, 0.29) is 23.4 Å². The fourth-order valence-electron chi connectivity index (χ4n) is 12.6. The van der Waals surface area contributed by atoms with E-state index in [9.17, 15) is 29.4 Å². The largest absolute Gasteiger partial charge is 0.392 e. The number of fused-ring (bicyclic) bond motifs is 2. The quantitative estimate of drug-likeness (QED) is 0.448. The zero-order valence-electron chi connectivity index (χ0n) is 25.6. The normalized spacial score (nSPS) is 50.5. The van der Waals surface area contributed by atoms with Crippen LogP contribution in [-0.4, -0.2) is 95.6 Å². The van der Waals surface area contributed by atoms with Crippen molar-refractivity contribution in [2.24, 2.45) is 45.3 Å². The third-order valence-corrected chi connectivity index (χ3v) is 14.2. The Morgan fingerprint density at radius 3 is 1.36 bits per heavy atom. The molecule has 0 unspecified atom stereocenters. The van der Waals surface area contributed by atoms with Gasteiger partial charge in [-0.2, -0.15) is 0 Å². The number of carbonyl (C=O) groups is 4. The van der Waals surface area contributed by atoms with Gasteiger partial charge >= 0.3 is 0 Å². The van der Waals surface area contributed by atoms with Gasteiger partial charge in [-0.25, -0.2) is 0 Å². The van der Waals surface area contributed by atoms with Crippen LogP contribution < -0.4 is 0 Å². The highest BCUT2D eigenvalue weighted by Gasteiger charge is 2.76. The van der Waals surface area contributed by atoms with Crippen LogP contribution in [0.5, 0.6) is 0 Å². The summed E-state index contributed by atoms with van der Waals surface area (Å²) >= 11 is 0. The minimum Gasteiger partial charge on any atom is -0.392 e. The average molecular weight is 583 g/mol. The Kier molecular flexibility index (Phi) is 6.97.